The van der Waals surface area contributed by atoms with Crippen molar-refractivity contribution in [2.45, 2.75) is 93.9 Å². The maximum Gasteiger partial charge on any atom is 0.237 e. The molecule has 0 spiro atoms. The second-order valence-corrected chi connectivity index (χ2v) is 8.75. The standard InChI is InChI=1S/C19H34ClFN2O5/c1-10(20)14(18-17(26)16(25)15(24)11(2)28-18)23-19(27)13-6-5-12(4-3-8-21)7-9-22-13/h10-18,22,24-26H,3-9H2,1-2H3,(H,23,27)/t10-,11+,12-,13-,14+,15-,16+,17+,18+/m0/s1. The van der Waals surface area contributed by atoms with Crippen LogP contribution in [0.25, 0.3) is 0 Å². The summed E-state index contributed by atoms with van der Waals surface area (Å²) >= 11 is 6.26. The van der Waals surface area contributed by atoms with Gasteiger partial charge in [0, 0.05) is 0 Å². The molecule has 0 aromatic heterocycles. The number of halogens is 2. The molecule has 2 rings (SSSR count). The summed E-state index contributed by atoms with van der Waals surface area (Å²) in [4.78, 5) is 12.8. The molecule has 7 nitrogen and oxygen atoms in total. The van der Waals surface area contributed by atoms with Crippen LogP contribution in [-0.4, -0.2) is 82.4 Å². The van der Waals surface area contributed by atoms with Crippen LogP contribution in [0.3, 0.4) is 0 Å². The first kappa shape index (κ1) is 23.8. The van der Waals surface area contributed by atoms with E-state index in [-0.39, 0.29) is 12.6 Å². The molecule has 0 aromatic rings. The van der Waals surface area contributed by atoms with Gasteiger partial charge in [-0.05, 0) is 58.4 Å². The summed E-state index contributed by atoms with van der Waals surface area (Å²) in [6.45, 7) is 3.64. The van der Waals surface area contributed by atoms with Crippen LogP contribution in [-0.2, 0) is 9.53 Å². The topological polar surface area (TPSA) is 111 Å². The van der Waals surface area contributed by atoms with Crippen LogP contribution in [0.5, 0.6) is 0 Å². The zero-order chi connectivity index (χ0) is 20.8. The number of carbonyl (C=O) groups excluding carboxylic acids is 1. The molecule has 2 heterocycles. The fraction of sp³-hybridized carbons (Fsp3) is 0.947. The number of ether oxygens (including phenoxy) is 1. The van der Waals surface area contributed by atoms with E-state index < -0.39 is 48.0 Å². The molecule has 2 fully saturated rings. The molecule has 9 atom stereocenters. The van der Waals surface area contributed by atoms with Crippen LogP contribution in [0.15, 0.2) is 0 Å². The van der Waals surface area contributed by atoms with Crippen molar-refractivity contribution in [3.05, 3.63) is 0 Å². The van der Waals surface area contributed by atoms with Crippen molar-refractivity contribution in [3.63, 3.8) is 0 Å². The van der Waals surface area contributed by atoms with Crippen molar-refractivity contribution >= 4 is 17.5 Å². The van der Waals surface area contributed by atoms with Gasteiger partial charge in [0.25, 0.3) is 0 Å². The lowest BCUT2D eigenvalue weighted by atomic mass is 9.90. The molecule has 2 saturated heterocycles. The van der Waals surface area contributed by atoms with Crippen LogP contribution in [0.4, 0.5) is 4.39 Å². The molecule has 5 N–H and O–H groups in total. The fourth-order valence-corrected chi connectivity index (χ4v) is 4.30. The third kappa shape index (κ3) is 6.00. The summed E-state index contributed by atoms with van der Waals surface area (Å²) in [5, 5.41) is 35.8. The molecule has 9 heteroatoms. The predicted octanol–water partition coefficient (Wildman–Crippen LogP) is 0.477. The predicted molar refractivity (Wildman–Crippen MR) is 104 cm³/mol. The first-order chi connectivity index (χ1) is 13.3. The Morgan fingerprint density at radius 1 is 1.25 bits per heavy atom. The monoisotopic (exact) mass is 424 g/mol. The van der Waals surface area contributed by atoms with Gasteiger partial charge in [-0.1, -0.05) is 0 Å². The van der Waals surface area contributed by atoms with E-state index in [1.807, 2.05) is 0 Å². The zero-order valence-electron chi connectivity index (χ0n) is 16.6. The highest BCUT2D eigenvalue weighted by molar-refractivity contribution is 6.21. The van der Waals surface area contributed by atoms with Crippen molar-refractivity contribution in [3.8, 4) is 0 Å². The molecule has 0 aromatic carbocycles. The Morgan fingerprint density at radius 3 is 2.61 bits per heavy atom. The number of hydrogen-bond acceptors (Lipinski definition) is 6. The molecule has 2 aliphatic rings. The maximum absolute atomic E-state index is 12.8. The van der Waals surface area contributed by atoms with Crippen LogP contribution in [0, 0.1) is 5.92 Å². The fourth-order valence-electron chi connectivity index (χ4n) is 4.09. The van der Waals surface area contributed by atoms with E-state index in [0.29, 0.717) is 25.3 Å². The van der Waals surface area contributed by atoms with Crippen LogP contribution in [0.2, 0.25) is 0 Å². The summed E-state index contributed by atoms with van der Waals surface area (Å²) in [6, 6.07) is -1.14. The lowest BCUT2D eigenvalue weighted by molar-refractivity contribution is -0.223. The number of hydrogen-bond donors (Lipinski definition) is 5. The number of aliphatic hydroxyl groups excluding tert-OH is 3. The van der Waals surface area contributed by atoms with Gasteiger partial charge in [-0.15, -0.1) is 11.6 Å². The SMILES string of the molecule is C[C@H](Cl)[C@@H](NC(=O)[C@@H]1CC[C@H](CCCF)CCN1)[C@H]1O[C@H](C)[C@H](O)[C@@H](O)[C@H]1O. The molecule has 1 amide bonds. The minimum atomic E-state index is -1.38. The van der Waals surface area contributed by atoms with E-state index in [1.54, 1.807) is 13.8 Å². The maximum atomic E-state index is 12.8. The van der Waals surface area contributed by atoms with Gasteiger partial charge in [0.05, 0.1) is 30.2 Å². The quantitative estimate of drug-likeness (QED) is 0.380. The third-order valence-electron chi connectivity index (χ3n) is 5.92. The summed E-state index contributed by atoms with van der Waals surface area (Å²) in [5.74, 6) is 0.164. The highest BCUT2D eigenvalue weighted by atomic mass is 35.5. The average molecular weight is 425 g/mol. The van der Waals surface area contributed by atoms with Gasteiger partial charge in [0.15, 0.2) is 0 Å². The van der Waals surface area contributed by atoms with E-state index in [0.717, 1.165) is 19.3 Å². The Kier molecular flexibility index (Phi) is 9.37. The van der Waals surface area contributed by atoms with Gasteiger partial charge >= 0.3 is 0 Å². The number of carbonyl (C=O) groups is 1. The number of nitrogens with one attached hydrogen (secondary N) is 2. The van der Waals surface area contributed by atoms with Crippen molar-refractivity contribution in [2.75, 3.05) is 13.2 Å². The molecule has 0 bridgehead atoms. The van der Waals surface area contributed by atoms with E-state index in [9.17, 15) is 24.5 Å². The first-order valence-electron chi connectivity index (χ1n) is 10.2. The molecule has 0 saturated carbocycles. The largest absolute Gasteiger partial charge is 0.388 e. The van der Waals surface area contributed by atoms with E-state index in [4.69, 9.17) is 16.3 Å². The van der Waals surface area contributed by atoms with Gasteiger partial charge < -0.3 is 30.7 Å². The van der Waals surface area contributed by atoms with E-state index >= 15 is 0 Å². The van der Waals surface area contributed by atoms with Crippen LogP contribution < -0.4 is 10.6 Å². The molecule has 164 valence electrons. The lowest BCUT2D eigenvalue weighted by Crippen LogP contribution is -2.65. The zero-order valence-corrected chi connectivity index (χ0v) is 17.3. The Bertz CT molecular complexity index is 501. The molecule has 2 aliphatic heterocycles. The molecule has 28 heavy (non-hydrogen) atoms. The lowest BCUT2D eigenvalue weighted by Gasteiger charge is -2.43. The van der Waals surface area contributed by atoms with Gasteiger partial charge in [-0.3, -0.25) is 9.18 Å². The first-order valence-corrected chi connectivity index (χ1v) is 10.6. The summed E-state index contributed by atoms with van der Waals surface area (Å²) in [6.07, 6.45) is -1.83. The van der Waals surface area contributed by atoms with E-state index in [1.165, 1.54) is 0 Å². The van der Waals surface area contributed by atoms with Crippen molar-refractivity contribution in [1.82, 2.24) is 10.6 Å². The second kappa shape index (κ2) is 11.0. The Hall–Kier alpha value is -0.510. The third-order valence-corrected chi connectivity index (χ3v) is 6.19. The van der Waals surface area contributed by atoms with Crippen molar-refractivity contribution in [2.24, 2.45) is 5.92 Å². The number of aliphatic hydroxyl groups is 3. The number of rotatable bonds is 7. The number of amides is 1. The summed E-state index contributed by atoms with van der Waals surface area (Å²) in [5.41, 5.74) is 0. The molecule has 0 radical (unpaired) electrons. The average Bonchev–Trinajstić information content (AvgIpc) is 2.91. The van der Waals surface area contributed by atoms with E-state index in [2.05, 4.69) is 10.6 Å². The highest BCUT2D eigenvalue weighted by Crippen LogP contribution is 2.26. The summed E-state index contributed by atoms with van der Waals surface area (Å²) in [7, 11) is 0. The van der Waals surface area contributed by atoms with Gasteiger partial charge in [-0.25, -0.2) is 0 Å². The highest BCUT2D eigenvalue weighted by Gasteiger charge is 2.46. The van der Waals surface area contributed by atoms with Crippen LogP contribution >= 0.6 is 11.6 Å². The Labute approximate surface area is 171 Å². The van der Waals surface area contributed by atoms with Crippen molar-refractivity contribution in [1.29, 1.82) is 0 Å². The second-order valence-electron chi connectivity index (χ2n) is 8.06. The summed E-state index contributed by atoms with van der Waals surface area (Å²) < 4.78 is 18.1. The molecular formula is C19H34ClFN2O5. The van der Waals surface area contributed by atoms with Gasteiger partial charge in [-0.2, -0.15) is 0 Å². The van der Waals surface area contributed by atoms with Crippen molar-refractivity contribution < 1.29 is 29.2 Å². The normalized spacial score (nSPS) is 39.0. The Balaban J connectivity index is 1.99. The Morgan fingerprint density at radius 2 is 1.96 bits per heavy atom. The minimum absolute atomic E-state index is 0.243. The number of alkyl halides is 2. The van der Waals surface area contributed by atoms with Gasteiger partial charge in [0.2, 0.25) is 5.91 Å². The molecule has 0 aliphatic carbocycles. The minimum Gasteiger partial charge on any atom is -0.388 e. The van der Waals surface area contributed by atoms with Crippen LogP contribution in [0.1, 0.15) is 46.0 Å². The molecule has 0 unspecified atom stereocenters. The smallest absolute Gasteiger partial charge is 0.237 e. The molecular weight excluding hydrogens is 391 g/mol. The van der Waals surface area contributed by atoms with Gasteiger partial charge in [0.1, 0.15) is 24.4 Å².